The molecule has 0 aromatic heterocycles. The topological polar surface area (TPSA) is 26.3 Å². The summed E-state index contributed by atoms with van der Waals surface area (Å²) in [7, 11) is 0. The molecule has 0 unspecified atom stereocenters. The lowest BCUT2D eigenvalue weighted by Crippen LogP contribution is -2.04. The van der Waals surface area contributed by atoms with Crippen LogP contribution in [0.15, 0.2) is 60.7 Å². The second kappa shape index (κ2) is 7.17. The van der Waals surface area contributed by atoms with Crippen molar-refractivity contribution in [3.63, 3.8) is 0 Å². The van der Waals surface area contributed by atoms with Crippen molar-refractivity contribution >= 4 is 12.0 Å². The zero-order valence-corrected chi connectivity index (χ0v) is 10.6. The van der Waals surface area contributed by atoms with Crippen LogP contribution < -0.4 is 0 Å². The Hall–Kier alpha value is -2.35. The van der Waals surface area contributed by atoms with Crippen LogP contribution in [0.5, 0.6) is 0 Å². The van der Waals surface area contributed by atoms with Gasteiger partial charge in [-0.2, -0.15) is 0 Å². The van der Waals surface area contributed by atoms with Crippen LogP contribution in [0.4, 0.5) is 0 Å². The zero-order valence-electron chi connectivity index (χ0n) is 10.6. The van der Waals surface area contributed by atoms with Gasteiger partial charge in [-0.15, -0.1) is 0 Å². The zero-order chi connectivity index (χ0) is 13.3. The molecule has 0 atom stereocenters. The maximum atomic E-state index is 11.5. The highest BCUT2D eigenvalue weighted by molar-refractivity contribution is 5.87. The summed E-state index contributed by atoms with van der Waals surface area (Å²) in [5.41, 5.74) is 2.12. The quantitative estimate of drug-likeness (QED) is 0.602. The Morgan fingerprint density at radius 3 is 2.58 bits per heavy atom. The maximum absolute atomic E-state index is 11.5. The van der Waals surface area contributed by atoms with Gasteiger partial charge >= 0.3 is 5.97 Å². The van der Waals surface area contributed by atoms with E-state index in [4.69, 9.17) is 4.74 Å². The number of hydrogen-bond acceptors (Lipinski definition) is 2. The monoisotopic (exact) mass is 251 g/mol. The molecule has 0 fully saturated rings. The Bertz CT molecular complexity index is 530. The van der Waals surface area contributed by atoms with E-state index in [2.05, 4.69) is 6.07 Å². The van der Waals surface area contributed by atoms with Crippen LogP contribution in [0.1, 0.15) is 11.1 Å². The third kappa shape index (κ3) is 4.80. The Labute approximate surface area is 113 Å². The second-order valence-corrected chi connectivity index (χ2v) is 4.07. The lowest BCUT2D eigenvalue weighted by Gasteiger charge is -2.02. The van der Waals surface area contributed by atoms with Gasteiger partial charge in [0.25, 0.3) is 0 Å². The van der Waals surface area contributed by atoms with E-state index >= 15 is 0 Å². The second-order valence-electron chi connectivity index (χ2n) is 4.07. The van der Waals surface area contributed by atoms with Gasteiger partial charge in [0.2, 0.25) is 0 Å². The van der Waals surface area contributed by atoms with Crippen molar-refractivity contribution in [2.24, 2.45) is 0 Å². The van der Waals surface area contributed by atoms with Crippen molar-refractivity contribution in [1.82, 2.24) is 0 Å². The molecule has 2 rings (SSSR count). The minimum absolute atomic E-state index is 0.316. The fourth-order valence-electron chi connectivity index (χ4n) is 1.64. The van der Waals surface area contributed by atoms with E-state index < -0.39 is 0 Å². The normalized spacial score (nSPS) is 10.5. The Balaban J connectivity index is 1.75. The standard InChI is InChI=1S/C17H15O2/c18-17(12-11-15-7-3-1-4-8-15)19-14-13-16-9-5-2-6-10-16/h2-12H,13-14H2/b12-11+. The first-order chi connectivity index (χ1) is 9.34. The van der Waals surface area contributed by atoms with Gasteiger partial charge in [-0.1, -0.05) is 54.6 Å². The van der Waals surface area contributed by atoms with Gasteiger partial charge in [-0.3, -0.25) is 0 Å². The smallest absolute Gasteiger partial charge is 0.330 e. The number of carbonyl (C=O) groups excluding carboxylic acids is 1. The number of carbonyl (C=O) groups is 1. The van der Waals surface area contributed by atoms with E-state index in [0.29, 0.717) is 6.61 Å². The van der Waals surface area contributed by atoms with Crippen LogP contribution >= 0.6 is 0 Å². The highest BCUT2D eigenvalue weighted by atomic mass is 16.5. The predicted octanol–water partition coefficient (Wildman–Crippen LogP) is 3.29. The van der Waals surface area contributed by atoms with Gasteiger partial charge in [0.05, 0.1) is 6.61 Å². The minimum Gasteiger partial charge on any atom is -0.462 e. The van der Waals surface area contributed by atoms with Gasteiger partial charge in [0.1, 0.15) is 0 Å². The molecular weight excluding hydrogens is 236 g/mol. The SMILES string of the molecule is O=C(/C=C/c1cc[c]cc1)OCCc1ccccc1. The molecule has 0 saturated heterocycles. The largest absolute Gasteiger partial charge is 0.462 e. The molecule has 2 heteroatoms. The summed E-state index contributed by atoms with van der Waals surface area (Å²) in [5, 5.41) is 0. The van der Waals surface area contributed by atoms with Crippen molar-refractivity contribution in [2.75, 3.05) is 6.61 Å². The molecule has 2 nitrogen and oxygen atoms in total. The molecule has 0 bridgehead atoms. The predicted molar refractivity (Wildman–Crippen MR) is 75.4 cm³/mol. The molecule has 0 aliphatic heterocycles. The average Bonchev–Trinajstić information content (AvgIpc) is 2.47. The summed E-state index contributed by atoms with van der Waals surface area (Å²) in [4.78, 5) is 11.5. The first kappa shape index (κ1) is 13.1. The van der Waals surface area contributed by atoms with E-state index in [1.54, 1.807) is 18.2 Å². The van der Waals surface area contributed by atoms with E-state index in [-0.39, 0.29) is 5.97 Å². The maximum Gasteiger partial charge on any atom is 0.330 e. The molecule has 95 valence electrons. The first-order valence-electron chi connectivity index (χ1n) is 6.19. The molecule has 0 spiro atoms. The van der Waals surface area contributed by atoms with E-state index in [1.807, 2.05) is 42.5 Å². The molecule has 1 radical (unpaired) electrons. The number of ether oxygens (including phenoxy) is 1. The van der Waals surface area contributed by atoms with Crippen molar-refractivity contribution in [3.05, 3.63) is 77.9 Å². The fourth-order valence-corrected chi connectivity index (χ4v) is 1.64. The Morgan fingerprint density at radius 2 is 1.84 bits per heavy atom. The Morgan fingerprint density at radius 1 is 1.11 bits per heavy atom. The van der Waals surface area contributed by atoms with Gasteiger partial charge in [0, 0.05) is 12.5 Å². The molecule has 0 aliphatic carbocycles. The van der Waals surface area contributed by atoms with Gasteiger partial charge < -0.3 is 4.74 Å². The molecule has 2 aromatic rings. The van der Waals surface area contributed by atoms with Crippen molar-refractivity contribution in [3.8, 4) is 0 Å². The molecule has 0 saturated carbocycles. The lowest BCUT2D eigenvalue weighted by atomic mass is 10.2. The third-order valence-electron chi connectivity index (χ3n) is 2.63. The van der Waals surface area contributed by atoms with E-state index in [9.17, 15) is 4.79 Å². The van der Waals surface area contributed by atoms with Gasteiger partial charge in [-0.25, -0.2) is 4.79 Å². The molecular formula is C17H15O2. The summed E-state index contributed by atoms with van der Waals surface area (Å²) in [5.74, 6) is -0.316. The first-order valence-corrected chi connectivity index (χ1v) is 6.19. The van der Waals surface area contributed by atoms with Crippen LogP contribution in [0, 0.1) is 6.07 Å². The van der Waals surface area contributed by atoms with E-state index in [0.717, 1.165) is 17.5 Å². The van der Waals surface area contributed by atoms with Crippen molar-refractivity contribution in [1.29, 1.82) is 0 Å². The highest BCUT2D eigenvalue weighted by Crippen LogP contribution is 2.02. The average molecular weight is 251 g/mol. The van der Waals surface area contributed by atoms with Crippen molar-refractivity contribution < 1.29 is 9.53 Å². The molecule has 0 amide bonds. The molecule has 0 N–H and O–H groups in total. The van der Waals surface area contributed by atoms with Crippen LogP contribution in [-0.4, -0.2) is 12.6 Å². The lowest BCUT2D eigenvalue weighted by molar-refractivity contribution is -0.137. The molecule has 2 aromatic carbocycles. The van der Waals surface area contributed by atoms with E-state index in [1.165, 1.54) is 6.08 Å². The molecule has 0 heterocycles. The van der Waals surface area contributed by atoms with Crippen LogP contribution in [0.3, 0.4) is 0 Å². The van der Waals surface area contributed by atoms with Crippen LogP contribution in [-0.2, 0) is 16.0 Å². The minimum atomic E-state index is -0.316. The highest BCUT2D eigenvalue weighted by Gasteiger charge is 1.97. The van der Waals surface area contributed by atoms with Crippen LogP contribution in [0.25, 0.3) is 6.08 Å². The Kier molecular flexibility index (Phi) is 4.94. The van der Waals surface area contributed by atoms with Crippen molar-refractivity contribution in [2.45, 2.75) is 6.42 Å². The van der Waals surface area contributed by atoms with Gasteiger partial charge in [-0.05, 0) is 23.3 Å². The summed E-state index contributed by atoms with van der Waals surface area (Å²) >= 11 is 0. The third-order valence-corrected chi connectivity index (χ3v) is 2.63. The number of benzene rings is 2. The summed E-state index contributed by atoms with van der Waals surface area (Å²) in [6.07, 6.45) is 3.92. The summed E-state index contributed by atoms with van der Waals surface area (Å²) in [6, 6.07) is 20.3. The molecule has 0 aliphatic rings. The summed E-state index contributed by atoms with van der Waals surface area (Å²) in [6.45, 7) is 0.399. The number of esters is 1. The number of rotatable bonds is 5. The summed E-state index contributed by atoms with van der Waals surface area (Å²) < 4.78 is 5.13. The fraction of sp³-hybridized carbons (Fsp3) is 0.118. The van der Waals surface area contributed by atoms with Gasteiger partial charge in [0.15, 0.2) is 0 Å². The molecule has 19 heavy (non-hydrogen) atoms. The van der Waals surface area contributed by atoms with Crippen LogP contribution in [0.2, 0.25) is 0 Å². The number of hydrogen-bond donors (Lipinski definition) is 0.